The number of amides is 2. The fraction of sp³-hybridized carbons (Fsp3) is 0.357. The maximum Gasteiger partial charge on any atom is 0.307 e. The summed E-state index contributed by atoms with van der Waals surface area (Å²) < 4.78 is 0. The van der Waals surface area contributed by atoms with Gasteiger partial charge < -0.3 is 16.2 Å². The number of para-hydroxylation sites is 1. The second-order valence-corrected chi connectivity index (χ2v) is 5.67. The van der Waals surface area contributed by atoms with E-state index in [1.54, 1.807) is 31.2 Å². The van der Waals surface area contributed by atoms with E-state index >= 15 is 0 Å². The Labute approximate surface area is 127 Å². The molecule has 0 heterocycles. The van der Waals surface area contributed by atoms with Crippen molar-refractivity contribution in [2.45, 2.75) is 18.7 Å². The summed E-state index contributed by atoms with van der Waals surface area (Å²) in [4.78, 5) is 34.5. The van der Waals surface area contributed by atoms with Crippen LogP contribution in [-0.4, -0.2) is 28.6 Å². The fourth-order valence-corrected chi connectivity index (χ4v) is 2.28. The Morgan fingerprint density at radius 1 is 1.24 bits per heavy atom. The number of primary amides is 1. The van der Waals surface area contributed by atoms with Gasteiger partial charge in [-0.05, 0) is 12.1 Å². The van der Waals surface area contributed by atoms with Gasteiger partial charge in [0.1, 0.15) is 0 Å². The molecule has 0 fully saturated rings. The summed E-state index contributed by atoms with van der Waals surface area (Å²) in [7, 11) is 0. The number of carbonyl (C=O) groups excluding carboxylic acids is 2. The number of benzene rings is 1. The van der Waals surface area contributed by atoms with Crippen LogP contribution in [0, 0.1) is 11.8 Å². The van der Waals surface area contributed by atoms with E-state index in [1.807, 2.05) is 0 Å². The Morgan fingerprint density at radius 2 is 1.86 bits per heavy atom. The summed E-state index contributed by atoms with van der Waals surface area (Å²) in [6.45, 7) is 3.05. The lowest BCUT2D eigenvalue weighted by Crippen LogP contribution is -2.30. The van der Waals surface area contributed by atoms with Gasteiger partial charge in [-0.15, -0.1) is 11.8 Å². The van der Waals surface area contributed by atoms with Crippen molar-refractivity contribution in [3.8, 4) is 0 Å². The first kappa shape index (κ1) is 17.0. The van der Waals surface area contributed by atoms with Gasteiger partial charge in [0.2, 0.25) is 11.8 Å². The zero-order valence-corrected chi connectivity index (χ0v) is 12.6. The largest absolute Gasteiger partial charge is 0.481 e. The molecular weight excluding hydrogens is 292 g/mol. The fourth-order valence-electron chi connectivity index (χ4n) is 1.53. The summed E-state index contributed by atoms with van der Waals surface area (Å²) in [5, 5.41) is 11.6. The highest BCUT2D eigenvalue weighted by Gasteiger charge is 2.26. The molecular formula is C14H18N2O4S. The zero-order valence-electron chi connectivity index (χ0n) is 11.8. The third-order valence-corrected chi connectivity index (χ3v) is 4.16. The molecule has 0 saturated carbocycles. The number of rotatable bonds is 7. The maximum atomic E-state index is 12.1. The van der Waals surface area contributed by atoms with E-state index in [9.17, 15) is 14.4 Å². The van der Waals surface area contributed by atoms with Crippen molar-refractivity contribution in [1.29, 1.82) is 0 Å². The molecule has 0 aromatic heterocycles. The number of carboxylic acids is 1. The van der Waals surface area contributed by atoms with E-state index in [2.05, 4.69) is 5.32 Å². The van der Waals surface area contributed by atoms with Gasteiger partial charge in [-0.2, -0.15) is 0 Å². The highest BCUT2D eigenvalue weighted by Crippen LogP contribution is 2.27. The molecule has 0 saturated heterocycles. The predicted molar refractivity (Wildman–Crippen MR) is 81.0 cm³/mol. The highest BCUT2D eigenvalue weighted by molar-refractivity contribution is 8.00. The second kappa shape index (κ2) is 7.68. The van der Waals surface area contributed by atoms with Gasteiger partial charge in [-0.3, -0.25) is 14.4 Å². The van der Waals surface area contributed by atoms with Crippen molar-refractivity contribution >= 4 is 35.2 Å². The molecule has 0 spiro atoms. The Bertz CT molecular complexity index is 548. The van der Waals surface area contributed by atoms with Crippen LogP contribution in [-0.2, 0) is 14.4 Å². The molecule has 0 bridgehead atoms. The zero-order chi connectivity index (χ0) is 16.0. The number of nitrogens with one attached hydrogen (secondary N) is 1. The van der Waals surface area contributed by atoms with Gasteiger partial charge in [0.25, 0.3) is 0 Å². The highest BCUT2D eigenvalue weighted by atomic mass is 32.2. The second-order valence-electron chi connectivity index (χ2n) is 4.66. The number of hydrogen-bond acceptors (Lipinski definition) is 4. The van der Waals surface area contributed by atoms with Crippen molar-refractivity contribution in [2.24, 2.45) is 17.6 Å². The Balaban J connectivity index is 2.80. The predicted octanol–water partition coefficient (Wildman–Crippen LogP) is 1.56. The number of anilines is 1. The van der Waals surface area contributed by atoms with E-state index < -0.39 is 23.7 Å². The van der Waals surface area contributed by atoms with Crippen LogP contribution in [0.2, 0.25) is 0 Å². The van der Waals surface area contributed by atoms with Crippen LogP contribution in [0.25, 0.3) is 0 Å². The summed E-state index contributed by atoms with van der Waals surface area (Å²) in [5.74, 6) is -3.19. The number of hydrogen-bond donors (Lipinski definition) is 3. The Hall–Kier alpha value is -2.02. The van der Waals surface area contributed by atoms with Crippen molar-refractivity contribution < 1.29 is 19.5 Å². The van der Waals surface area contributed by atoms with Crippen LogP contribution in [0.15, 0.2) is 29.2 Å². The first-order chi connectivity index (χ1) is 9.82. The van der Waals surface area contributed by atoms with Crippen molar-refractivity contribution in [3.63, 3.8) is 0 Å². The molecule has 6 nitrogen and oxygen atoms in total. The molecule has 4 N–H and O–H groups in total. The summed E-state index contributed by atoms with van der Waals surface area (Å²) in [5.41, 5.74) is 5.64. The van der Waals surface area contributed by atoms with Crippen LogP contribution in [0.3, 0.4) is 0 Å². The smallest absolute Gasteiger partial charge is 0.307 e. The molecule has 114 valence electrons. The average Bonchev–Trinajstić information content (AvgIpc) is 2.44. The third-order valence-electron chi connectivity index (χ3n) is 3.07. The summed E-state index contributed by atoms with van der Waals surface area (Å²) in [6.07, 6.45) is 0. The topological polar surface area (TPSA) is 109 Å². The SMILES string of the molecule is CC(C(=O)O)C(C)C(=O)Nc1ccccc1SCC(N)=O. The van der Waals surface area contributed by atoms with E-state index in [1.165, 1.54) is 18.7 Å². The van der Waals surface area contributed by atoms with E-state index in [0.717, 1.165) is 0 Å². The normalized spacial score (nSPS) is 13.2. The minimum absolute atomic E-state index is 0.105. The van der Waals surface area contributed by atoms with Crippen molar-refractivity contribution in [3.05, 3.63) is 24.3 Å². The molecule has 2 atom stereocenters. The Morgan fingerprint density at radius 3 is 2.43 bits per heavy atom. The van der Waals surface area contributed by atoms with Crippen molar-refractivity contribution in [1.82, 2.24) is 0 Å². The third kappa shape index (κ3) is 5.11. The molecule has 0 radical (unpaired) electrons. The molecule has 2 amide bonds. The molecule has 1 aromatic carbocycles. The van der Waals surface area contributed by atoms with Gasteiger partial charge in [-0.25, -0.2) is 0 Å². The van der Waals surface area contributed by atoms with Gasteiger partial charge in [0.05, 0.1) is 17.4 Å². The Kier molecular flexibility index (Phi) is 6.23. The molecule has 0 aliphatic carbocycles. The summed E-state index contributed by atoms with van der Waals surface area (Å²) in [6, 6.07) is 6.98. The van der Waals surface area contributed by atoms with Crippen LogP contribution in [0.1, 0.15) is 13.8 Å². The van der Waals surface area contributed by atoms with Crippen LogP contribution < -0.4 is 11.1 Å². The first-order valence-electron chi connectivity index (χ1n) is 6.36. The number of thioether (sulfide) groups is 1. The molecule has 21 heavy (non-hydrogen) atoms. The van der Waals surface area contributed by atoms with Crippen LogP contribution in [0.4, 0.5) is 5.69 Å². The van der Waals surface area contributed by atoms with Gasteiger partial charge in [0, 0.05) is 10.8 Å². The average molecular weight is 310 g/mol. The lowest BCUT2D eigenvalue weighted by atomic mass is 9.95. The molecule has 0 aliphatic heterocycles. The van der Waals surface area contributed by atoms with Gasteiger partial charge in [0.15, 0.2) is 0 Å². The summed E-state index contributed by atoms with van der Waals surface area (Å²) >= 11 is 1.22. The lowest BCUT2D eigenvalue weighted by molar-refractivity contribution is -0.145. The molecule has 7 heteroatoms. The number of aliphatic carboxylic acids is 1. The van der Waals surface area contributed by atoms with E-state index in [-0.39, 0.29) is 11.7 Å². The number of carboxylic acid groups (broad SMARTS) is 1. The molecule has 0 aliphatic rings. The minimum atomic E-state index is -1.02. The van der Waals surface area contributed by atoms with Gasteiger partial charge >= 0.3 is 5.97 Å². The molecule has 1 aromatic rings. The standard InChI is InChI=1S/C14H18N2O4S/c1-8(9(2)14(19)20)13(18)16-10-5-3-4-6-11(10)21-7-12(15)17/h3-6,8-9H,7H2,1-2H3,(H2,15,17)(H,16,18)(H,19,20). The van der Waals surface area contributed by atoms with Crippen molar-refractivity contribution in [2.75, 3.05) is 11.1 Å². The first-order valence-corrected chi connectivity index (χ1v) is 7.35. The number of nitrogens with two attached hydrogens (primary N) is 1. The maximum absolute atomic E-state index is 12.1. The number of carbonyl (C=O) groups is 3. The quantitative estimate of drug-likeness (QED) is 0.662. The minimum Gasteiger partial charge on any atom is -0.481 e. The van der Waals surface area contributed by atoms with E-state index in [0.29, 0.717) is 10.6 Å². The van der Waals surface area contributed by atoms with Gasteiger partial charge in [-0.1, -0.05) is 26.0 Å². The molecule has 1 rings (SSSR count). The molecule has 2 unspecified atom stereocenters. The van der Waals surface area contributed by atoms with E-state index in [4.69, 9.17) is 10.8 Å². The van der Waals surface area contributed by atoms with Crippen LogP contribution >= 0.6 is 11.8 Å². The van der Waals surface area contributed by atoms with Crippen LogP contribution in [0.5, 0.6) is 0 Å². The lowest BCUT2D eigenvalue weighted by Gasteiger charge is -2.17. The monoisotopic (exact) mass is 310 g/mol.